The van der Waals surface area contributed by atoms with Gasteiger partial charge < -0.3 is 4.90 Å². The van der Waals surface area contributed by atoms with Gasteiger partial charge in [0, 0.05) is 10.0 Å². The highest BCUT2D eigenvalue weighted by Gasteiger charge is 2.26. The molecule has 0 unspecified atom stereocenters. The average Bonchev–Trinajstić information content (AvgIpc) is 2.70. The van der Waals surface area contributed by atoms with Gasteiger partial charge in [0.1, 0.15) is 11.7 Å². The zero-order valence-corrected chi connectivity index (χ0v) is 12.0. The molecule has 1 aliphatic heterocycles. The van der Waals surface area contributed by atoms with Gasteiger partial charge in [0.05, 0.1) is 12.2 Å². The molecule has 1 N–H and O–H groups in total. The molecule has 0 spiro atoms. The Bertz CT molecular complexity index is 682. The summed E-state index contributed by atoms with van der Waals surface area (Å²) in [5.74, 6) is 0.0504. The van der Waals surface area contributed by atoms with E-state index < -0.39 is 0 Å². The van der Waals surface area contributed by atoms with Crippen LogP contribution >= 0.6 is 15.9 Å². The predicted molar refractivity (Wildman–Crippen MR) is 78.3 cm³/mol. The van der Waals surface area contributed by atoms with E-state index in [0.717, 1.165) is 21.3 Å². The first-order valence-electron chi connectivity index (χ1n) is 5.97. The zero-order valence-electron chi connectivity index (χ0n) is 10.4. The number of fused-ring (bicyclic) bond motifs is 1. The lowest BCUT2D eigenvalue weighted by atomic mass is 10.1. The highest BCUT2D eigenvalue weighted by molar-refractivity contribution is 9.10. The van der Waals surface area contributed by atoms with Crippen molar-refractivity contribution in [2.24, 2.45) is 0 Å². The Kier molecular flexibility index (Phi) is 2.90. The Morgan fingerprint density at radius 2 is 2.00 bits per heavy atom. The predicted octanol–water partition coefficient (Wildman–Crippen LogP) is 4.24. The number of benzene rings is 2. The Hall–Kier alpha value is -1.68. The molecule has 0 aromatic heterocycles. The SMILES string of the molecule is Cc1ccc(Br)c(N2Cc3ccc(F)cc3C2=N)c1. The molecule has 1 heterocycles. The van der Waals surface area contributed by atoms with Gasteiger partial charge in [-0.1, -0.05) is 12.1 Å². The van der Waals surface area contributed by atoms with Gasteiger partial charge in [-0.2, -0.15) is 0 Å². The first kappa shape index (κ1) is 12.4. The number of hydrogen-bond donors (Lipinski definition) is 1. The number of nitrogens with zero attached hydrogens (tertiary/aromatic N) is 1. The van der Waals surface area contributed by atoms with Crippen LogP contribution in [0.4, 0.5) is 10.1 Å². The first-order valence-corrected chi connectivity index (χ1v) is 6.76. The molecule has 2 aromatic carbocycles. The summed E-state index contributed by atoms with van der Waals surface area (Å²) in [6.07, 6.45) is 0. The molecular weight excluding hydrogens is 307 g/mol. The number of halogens is 2. The van der Waals surface area contributed by atoms with Crippen LogP contribution in [0.2, 0.25) is 0 Å². The van der Waals surface area contributed by atoms with Gasteiger partial charge in [-0.25, -0.2) is 4.39 Å². The van der Waals surface area contributed by atoms with Gasteiger partial charge in [0.15, 0.2) is 0 Å². The number of anilines is 1. The summed E-state index contributed by atoms with van der Waals surface area (Å²) < 4.78 is 14.2. The fourth-order valence-electron chi connectivity index (χ4n) is 2.34. The molecule has 0 saturated heterocycles. The molecule has 0 bridgehead atoms. The van der Waals surface area contributed by atoms with Gasteiger partial charge in [-0.05, 0) is 58.2 Å². The van der Waals surface area contributed by atoms with Crippen LogP contribution in [-0.4, -0.2) is 5.84 Å². The highest BCUT2D eigenvalue weighted by Crippen LogP contribution is 2.34. The minimum atomic E-state index is -0.298. The van der Waals surface area contributed by atoms with E-state index in [1.165, 1.54) is 12.1 Å². The Morgan fingerprint density at radius 1 is 1.21 bits per heavy atom. The third-order valence-corrected chi connectivity index (χ3v) is 3.99. The normalized spacial score (nSPS) is 13.8. The molecule has 1 aliphatic rings. The van der Waals surface area contributed by atoms with Crippen LogP contribution in [0.25, 0.3) is 0 Å². The van der Waals surface area contributed by atoms with Gasteiger partial charge in [0.25, 0.3) is 0 Å². The van der Waals surface area contributed by atoms with E-state index in [1.54, 1.807) is 6.07 Å². The second kappa shape index (κ2) is 4.46. The lowest BCUT2D eigenvalue weighted by molar-refractivity contribution is 0.627. The summed E-state index contributed by atoms with van der Waals surface area (Å²) in [5, 5.41) is 8.23. The minimum absolute atomic E-state index is 0.298. The van der Waals surface area contributed by atoms with Crippen LogP contribution < -0.4 is 4.90 Å². The van der Waals surface area contributed by atoms with Crippen LogP contribution in [0, 0.1) is 18.2 Å². The van der Waals surface area contributed by atoms with Crippen molar-refractivity contribution in [3.63, 3.8) is 0 Å². The molecule has 96 valence electrons. The van der Waals surface area contributed by atoms with Gasteiger partial charge in [-0.15, -0.1) is 0 Å². The summed E-state index contributed by atoms with van der Waals surface area (Å²) >= 11 is 3.51. The van der Waals surface area contributed by atoms with Crippen molar-refractivity contribution >= 4 is 27.5 Å². The second-order valence-corrected chi connectivity index (χ2v) is 5.55. The molecular formula is C15H12BrFN2. The molecule has 0 amide bonds. The summed E-state index contributed by atoms with van der Waals surface area (Å²) in [7, 11) is 0. The van der Waals surface area contributed by atoms with E-state index in [-0.39, 0.29) is 5.82 Å². The zero-order chi connectivity index (χ0) is 13.6. The molecule has 4 heteroatoms. The number of hydrogen-bond acceptors (Lipinski definition) is 1. The van der Waals surface area contributed by atoms with Crippen LogP contribution in [0.1, 0.15) is 16.7 Å². The van der Waals surface area contributed by atoms with Gasteiger partial charge in [-0.3, -0.25) is 5.41 Å². The number of amidine groups is 1. The summed E-state index contributed by atoms with van der Waals surface area (Å²) in [6, 6.07) is 10.6. The summed E-state index contributed by atoms with van der Waals surface area (Å²) in [5.41, 5.74) is 3.74. The molecule has 19 heavy (non-hydrogen) atoms. The van der Waals surface area contributed by atoms with Crippen molar-refractivity contribution in [1.82, 2.24) is 0 Å². The van der Waals surface area contributed by atoms with E-state index in [4.69, 9.17) is 5.41 Å². The van der Waals surface area contributed by atoms with E-state index in [9.17, 15) is 4.39 Å². The van der Waals surface area contributed by atoms with Crippen LogP contribution in [0.5, 0.6) is 0 Å². The monoisotopic (exact) mass is 318 g/mol. The lowest BCUT2D eigenvalue weighted by Crippen LogP contribution is -2.23. The maximum atomic E-state index is 13.3. The van der Waals surface area contributed by atoms with Crippen molar-refractivity contribution in [2.75, 3.05) is 4.90 Å². The third kappa shape index (κ3) is 2.06. The maximum absolute atomic E-state index is 13.3. The van der Waals surface area contributed by atoms with Crippen molar-refractivity contribution in [2.45, 2.75) is 13.5 Å². The standard InChI is InChI=1S/C15H12BrFN2/c1-9-2-5-13(16)14(6-9)19-8-10-3-4-11(17)7-12(10)15(19)18/h2-7,18H,8H2,1H3. The maximum Gasteiger partial charge on any atom is 0.133 e. The summed E-state index contributed by atoms with van der Waals surface area (Å²) in [6.45, 7) is 2.62. The summed E-state index contributed by atoms with van der Waals surface area (Å²) in [4.78, 5) is 1.89. The molecule has 0 saturated carbocycles. The van der Waals surface area contributed by atoms with Crippen molar-refractivity contribution in [1.29, 1.82) is 5.41 Å². The Labute approximate surface area is 119 Å². The van der Waals surface area contributed by atoms with E-state index in [0.29, 0.717) is 17.9 Å². The second-order valence-electron chi connectivity index (χ2n) is 4.69. The average molecular weight is 319 g/mol. The van der Waals surface area contributed by atoms with E-state index in [1.807, 2.05) is 30.0 Å². The fourth-order valence-corrected chi connectivity index (χ4v) is 2.80. The molecule has 2 aromatic rings. The number of rotatable bonds is 1. The third-order valence-electron chi connectivity index (χ3n) is 3.32. The quantitative estimate of drug-likeness (QED) is 0.836. The molecule has 0 aliphatic carbocycles. The van der Waals surface area contributed by atoms with Gasteiger partial charge >= 0.3 is 0 Å². The van der Waals surface area contributed by atoms with Gasteiger partial charge in [0.2, 0.25) is 0 Å². The highest BCUT2D eigenvalue weighted by atomic mass is 79.9. The Morgan fingerprint density at radius 3 is 2.79 bits per heavy atom. The first-order chi connectivity index (χ1) is 9.06. The van der Waals surface area contributed by atoms with Crippen LogP contribution in [0.3, 0.4) is 0 Å². The topological polar surface area (TPSA) is 27.1 Å². The molecule has 2 nitrogen and oxygen atoms in total. The largest absolute Gasteiger partial charge is 0.321 e. The van der Waals surface area contributed by atoms with E-state index >= 15 is 0 Å². The molecule has 0 radical (unpaired) electrons. The molecule has 0 fully saturated rings. The van der Waals surface area contributed by atoms with Crippen molar-refractivity contribution < 1.29 is 4.39 Å². The fraction of sp³-hybridized carbons (Fsp3) is 0.133. The molecule has 3 rings (SSSR count). The van der Waals surface area contributed by atoms with Crippen molar-refractivity contribution in [3.8, 4) is 0 Å². The lowest BCUT2D eigenvalue weighted by Gasteiger charge is -2.20. The van der Waals surface area contributed by atoms with Crippen molar-refractivity contribution in [3.05, 3.63) is 63.4 Å². The molecule has 0 atom stereocenters. The van der Waals surface area contributed by atoms with Crippen LogP contribution in [0.15, 0.2) is 40.9 Å². The minimum Gasteiger partial charge on any atom is -0.321 e. The number of nitrogens with one attached hydrogen (secondary N) is 1. The van der Waals surface area contributed by atoms with E-state index in [2.05, 4.69) is 15.9 Å². The van der Waals surface area contributed by atoms with Crippen LogP contribution in [-0.2, 0) is 6.54 Å². The smallest absolute Gasteiger partial charge is 0.133 e. The number of aryl methyl sites for hydroxylation is 1. The Balaban J connectivity index is 2.06.